The largest absolute Gasteiger partial charge is 0.0625 e. The Morgan fingerprint density at radius 2 is 0.941 bits per heavy atom. The van der Waals surface area contributed by atoms with Crippen LogP contribution in [0.15, 0.2) is 0 Å². The third-order valence-corrected chi connectivity index (χ3v) is 5.11. The van der Waals surface area contributed by atoms with E-state index in [2.05, 4.69) is 6.92 Å². The molecule has 3 atom stereocenters. The van der Waals surface area contributed by atoms with Gasteiger partial charge in [0.2, 0.25) is 0 Å². The van der Waals surface area contributed by atoms with Crippen LogP contribution >= 0.6 is 0 Å². The molecule has 0 spiro atoms. The number of hydrogen-bond donors (Lipinski definition) is 0. The monoisotopic (exact) mass is 236 g/mol. The summed E-state index contributed by atoms with van der Waals surface area (Å²) in [6.45, 7) is 2.47. The van der Waals surface area contributed by atoms with Gasteiger partial charge in [-0.2, -0.15) is 0 Å². The quantitative estimate of drug-likeness (QED) is 0.487. The second kappa shape index (κ2) is 7.44. The minimum Gasteiger partial charge on any atom is -0.0625 e. The van der Waals surface area contributed by atoms with Gasteiger partial charge in [0.25, 0.3) is 0 Å². The van der Waals surface area contributed by atoms with Gasteiger partial charge in [-0.1, -0.05) is 84.0 Å². The van der Waals surface area contributed by atoms with Gasteiger partial charge in [-0.15, -0.1) is 0 Å². The zero-order valence-corrected chi connectivity index (χ0v) is 11.9. The lowest BCUT2D eigenvalue weighted by molar-refractivity contribution is 0.433. The summed E-state index contributed by atoms with van der Waals surface area (Å²) in [5, 5.41) is 0. The molecule has 2 aliphatic carbocycles. The van der Waals surface area contributed by atoms with Crippen LogP contribution in [0.2, 0.25) is 0 Å². The van der Waals surface area contributed by atoms with Gasteiger partial charge in [0.1, 0.15) is 0 Å². The highest BCUT2D eigenvalue weighted by Crippen LogP contribution is 2.45. The lowest BCUT2D eigenvalue weighted by atomic mass is 9.96. The van der Waals surface area contributed by atoms with Crippen LogP contribution in [0, 0.1) is 17.8 Å². The fraction of sp³-hybridized carbons (Fsp3) is 1.00. The van der Waals surface area contributed by atoms with Crippen LogP contribution in [0.25, 0.3) is 0 Å². The van der Waals surface area contributed by atoms with Crippen LogP contribution < -0.4 is 0 Å². The van der Waals surface area contributed by atoms with Crippen molar-refractivity contribution in [1.29, 1.82) is 0 Å². The predicted octanol–water partition coefficient (Wildman–Crippen LogP) is 5.95. The van der Waals surface area contributed by atoms with Crippen LogP contribution in [-0.4, -0.2) is 0 Å². The van der Waals surface area contributed by atoms with Gasteiger partial charge in [0.15, 0.2) is 0 Å². The second-order valence-corrected chi connectivity index (χ2v) is 6.84. The maximum atomic E-state index is 2.47. The maximum Gasteiger partial charge on any atom is -0.0383 e. The standard InChI is InChI=1S/C17H32/c1-15-10-6-3-2-4-8-12-16-14-17(16)13-9-5-7-11-15/h15-17H,2-14H2,1H3. The Morgan fingerprint density at radius 1 is 0.529 bits per heavy atom. The molecule has 3 unspecified atom stereocenters. The molecule has 0 aromatic carbocycles. The third-order valence-electron chi connectivity index (χ3n) is 5.11. The molecule has 2 fully saturated rings. The van der Waals surface area contributed by atoms with Crippen molar-refractivity contribution in [2.45, 2.75) is 90.4 Å². The fourth-order valence-corrected chi connectivity index (χ4v) is 3.67. The van der Waals surface area contributed by atoms with E-state index in [0.717, 1.165) is 17.8 Å². The summed E-state index contributed by atoms with van der Waals surface area (Å²) in [5.41, 5.74) is 0. The number of rotatable bonds is 0. The van der Waals surface area contributed by atoms with Crippen molar-refractivity contribution in [3.63, 3.8) is 0 Å². The first kappa shape index (κ1) is 13.4. The Balaban J connectivity index is 1.65. The number of hydrogen-bond acceptors (Lipinski definition) is 0. The molecule has 2 rings (SSSR count). The molecular formula is C17H32. The molecule has 0 nitrogen and oxygen atoms in total. The zero-order chi connectivity index (χ0) is 11.9. The van der Waals surface area contributed by atoms with Gasteiger partial charge in [-0.3, -0.25) is 0 Å². The smallest absolute Gasteiger partial charge is 0.0383 e. The van der Waals surface area contributed by atoms with Crippen molar-refractivity contribution in [3.05, 3.63) is 0 Å². The molecule has 0 bridgehead atoms. The van der Waals surface area contributed by atoms with Crippen molar-refractivity contribution < 1.29 is 0 Å². The molecule has 100 valence electrons. The Morgan fingerprint density at radius 3 is 1.53 bits per heavy atom. The number of fused-ring (bicyclic) bond motifs is 1. The Labute approximate surface area is 109 Å². The molecule has 0 amide bonds. The van der Waals surface area contributed by atoms with Gasteiger partial charge in [0, 0.05) is 0 Å². The molecule has 0 aliphatic heterocycles. The first-order valence-electron chi connectivity index (χ1n) is 8.36. The SMILES string of the molecule is CC1CCCCCCCC2CC2CCCCC1. The molecular weight excluding hydrogens is 204 g/mol. The van der Waals surface area contributed by atoms with Gasteiger partial charge >= 0.3 is 0 Å². The summed E-state index contributed by atoms with van der Waals surface area (Å²) in [5.74, 6) is 3.30. The predicted molar refractivity (Wildman–Crippen MR) is 76.2 cm³/mol. The van der Waals surface area contributed by atoms with Crippen LogP contribution in [0.3, 0.4) is 0 Å². The average Bonchev–Trinajstić information content (AvgIpc) is 3.05. The topological polar surface area (TPSA) is 0 Å². The van der Waals surface area contributed by atoms with Crippen LogP contribution in [0.4, 0.5) is 0 Å². The maximum absolute atomic E-state index is 2.47. The van der Waals surface area contributed by atoms with Gasteiger partial charge in [0.05, 0.1) is 0 Å². The first-order valence-corrected chi connectivity index (χ1v) is 8.36. The molecule has 17 heavy (non-hydrogen) atoms. The minimum absolute atomic E-state index is 0.994. The summed E-state index contributed by atoms with van der Waals surface area (Å²) in [6.07, 6.45) is 19.7. The normalized spacial score (nSPS) is 37.6. The molecule has 0 aromatic heterocycles. The van der Waals surface area contributed by atoms with Gasteiger partial charge < -0.3 is 0 Å². The van der Waals surface area contributed by atoms with Crippen molar-refractivity contribution >= 4 is 0 Å². The molecule has 2 saturated carbocycles. The van der Waals surface area contributed by atoms with E-state index in [1.807, 2.05) is 0 Å². The van der Waals surface area contributed by atoms with Crippen molar-refractivity contribution in [1.82, 2.24) is 0 Å². The van der Waals surface area contributed by atoms with Gasteiger partial charge in [-0.05, 0) is 24.2 Å². The summed E-state index contributed by atoms with van der Waals surface area (Å²) in [6, 6.07) is 0. The molecule has 0 heteroatoms. The zero-order valence-electron chi connectivity index (χ0n) is 11.9. The van der Waals surface area contributed by atoms with Crippen LogP contribution in [0.5, 0.6) is 0 Å². The van der Waals surface area contributed by atoms with E-state index in [1.54, 1.807) is 19.3 Å². The van der Waals surface area contributed by atoms with E-state index < -0.39 is 0 Å². The molecule has 2 aliphatic rings. The summed E-state index contributed by atoms with van der Waals surface area (Å²) in [7, 11) is 0. The average molecular weight is 236 g/mol. The lowest BCUT2D eigenvalue weighted by Crippen LogP contribution is -1.95. The van der Waals surface area contributed by atoms with E-state index in [9.17, 15) is 0 Å². The Bertz CT molecular complexity index is 188. The van der Waals surface area contributed by atoms with Crippen LogP contribution in [0.1, 0.15) is 90.4 Å². The molecule has 0 radical (unpaired) electrons. The van der Waals surface area contributed by atoms with E-state index in [-0.39, 0.29) is 0 Å². The summed E-state index contributed by atoms with van der Waals surface area (Å²) in [4.78, 5) is 0. The van der Waals surface area contributed by atoms with E-state index in [1.165, 1.54) is 64.2 Å². The highest BCUT2D eigenvalue weighted by atomic mass is 14.4. The molecule has 0 N–H and O–H groups in total. The molecule has 0 aromatic rings. The van der Waals surface area contributed by atoms with Crippen molar-refractivity contribution in [3.8, 4) is 0 Å². The first-order chi connectivity index (χ1) is 8.36. The lowest BCUT2D eigenvalue weighted by Gasteiger charge is -2.10. The van der Waals surface area contributed by atoms with Crippen molar-refractivity contribution in [2.75, 3.05) is 0 Å². The van der Waals surface area contributed by atoms with E-state index >= 15 is 0 Å². The van der Waals surface area contributed by atoms with E-state index in [4.69, 9.17) is 0 Å². The minimum atomic E-state index is 0.994. The molecule has 0 saturated heterocycles. The Kier molecular flexibility index (Phi) is 5.88. The van der Waals surface area contributed by atoms with Crippen molar-refractivity contribution in [2.24, 2.45) is 17.8 Å². The highest BCUT2D eigenvalue weighted by molar-refractivity contribution is 4.85. The summed E-state index contributed by atoms with van der Waals surface area (Å²) >= 11 is 0. The Hall–Kier alpha value is 0. The van der Waals surface area contributed by atoms with Gasteiger partial charge in [-0.25, -0.2) is 0 Å². The van der Waals surface area contributed by atoms with E-state index in [0.29, 0.717) is 0 Å². The summed E-state index contributed by atoms with van der Waals surface area (Å²) < 4.78 is 0. The third kappa shape index (κ3) is 5.44. The molecule has 0 heterocycles. The highest BCUT2D eigenvalue weighted by Gasteiger charge is 2.34. The second-order valence-electron chi connectivity index (χ2n) is 6.84. The fourth-order valence-electron chi connectivity index (χ4n) is 3.67. The van der Waals surface area contributed by atoms with Crippen LogP contribution in [-0.2, 0) is 0 Å².